The predicted octanol–water partition coefficient (Wildman–Crippen LogP) is 4.29. The molecule has 7 nitrogen and oxygen atoms in total. The molecule has 3 aromatic rings. The summed E-state index contributed by atoms with van der Waals surface area (Å²) in [4.78, 5) is 25.4. The number of hydrogen-bond donors (Lipinski definition) is 3. The van der Waals surface area contributed by atoms with Gasteiger partial charge in [0.15, 0.2) is 0 Å². The van der Waals surface area contributed by atoms with E-state index in [4.69, 9.17) is 17.3 Å². The summed E-state index contributed by atoms with van der Waals surface area (Å²) < 4.78 is 15.1. The van der Waals surface area contributed by atoms with Crippen LogP contribution in [0.15, 0.2) is 42.5 Å². The van der Waals surface area contributed by atoms with E-state index >= 15 is 0 Å². The summed E-state index contributed by atoms with van der Waals surface area (Å²) in [6.07, 6.45) is 0. The number of carbonyl (C=O) groups is 2. The summed E-state index contributed by atoms with van der Waals surface area (Å²) in [7, 11) is 0. The first kappa shape index (κ1) is 19.9. The first-order valence-electron chi connectivity index (χ1n) is 9.31. The Morgan fingerprint density at radius 1 is 1.30 bits per heavy atom. The van der Waals surface area contributed by atoms with Gasteiger partial charge >= 0.3 is 6.03 Å². The maximum absolute atomic E-state index is 13.9. The van der Waals surface area contributed by atoms with E-state index in [1.807, 2.05) is 13.8 Å². The van der Waals surface area contributed by atoms with Crippen LogP contribution in [0.5, 0.6) is 0 Å². The van der Waals surface area contributed by atoms with Crippen molar-refractivity contribution < 1.29 is 14.0 Å². The fourth-order valence-corrected chi connectivity index (χ4v) is 3.82. The third-order valence-electron chi connectivity index (χ3n) is 4.97. The highest BCUT2D eigenvalue weighted by atomic mass is 35.5. The Bertz CT molecular complexity index is 1170. The Morgan fingerprint density at radius 2 is 2.07 bits per heavy atom. The van der Waals surface area contributed by atoms with E-state index in [-0.39, 0.29) is 17.6 Å². The minimum atomic E-state index is -0.709. The molecule has 0 bridgehead atoms. The van der Waals surface area contributed by atoms with Gasteiger partial charge < -0.3 is 16.4 Å². The molecule has 0 spiro atoms. The number of aromatic nitrogens is 2. The normalized spacial score (nSPS) is 15.2. The number of nitrogens with two attached hydrogens (primary N) is 1. The molecule has 1 aromatic heterocycles. The predicted molar refractivity (Wildman–Crippen MR) is 112 cm³/mol. The standard InChI is InChI=1S/C21H19ClFN5O2/c1-10(2)16-9-17(24)27-28(16)21(30)25-15-5-3-4-12-18(15)19(26-20(12)29)13-8-11(23)6-7-14(13)22/h3-10,19H,1-2H3,(H2,24,27)(H,25,30)(H,26,29). The largest absolute Gasteiger partial charge is 0.382 e. The monoisotopic (exact) mass is 427 g/mol. The number of nitrogens with zero attached hydrogens (tertiary/aromatic N) is 2. The summed E-state index contributed by atoms with van der Waals surface area (Å²) in [5, 5.41) is 9.98. The zero-order valence-electron chi connectivity index (χ0n) is 16.2. The molecule has 4 N–H and O–H groups in total. The van der Waals surface area contributed by atoms with Crippen LogP contribution < -0.4 is 16.4 Å². The quantitative estimate of drug-likeness (QED) is 0.580. The lowest BCUT2D eigenvalue weighted by Crippen LogP contribution is -2.25. The van der Waals surface area contributed by atoms with Crippen molar-refractivity contribution in [2.24, 2.45) is 0 Å². The van der Waals surface area contributed by atoms with Gasteiger partial charge in [-0.25, -0.2) is 9.18 Å². The van der Waals surface area contributed by atoms with E-state index < -0.39 is 17.9 Å². The number of fused-ring (bicyclic) bond motifs is 1. The Labute approximate surface area is 177 Å². The molecule has 1 aliphatic heterocycles. The maximum Gasteiger partial charge on any atom is 0.346 e. The van der Waals surface area contributed by atoms with E-state index in [0.717, 1.165) is 0 Å². The molecule has 4 rings (SSSR count). The minimum Gasteiger partial charge on any atom is -0.382 e. The van der Waals surface area contributed by atoms with Crippen molar-refractivity contribution in [2.75, 3.05) is 11.1 Å². The molecule has 1 unspecified atom stereocenters. The summed E-state index contributed by atoms with van der Waals surface area (Å²) in [6, 6.07) is 9.31. The van der Waals surface area contributed by atoms with Crippen molar-refractivity contribution in [3.05, 3.63) is 75.7 Å². The Balaban J connectivity index is 1.76. The van der Waals surface area contributed by atoms with Crippen LogP contribution in [0, 0.1) is 5.82 Å². The average molecular weight is 428 g/mol. The molecule has 9 heteroatoms. The third-order valence-corrected chi connectivity index (χ3v) is 5.31. The van der Waals surface area contributed by atoms with Gasteiger partial charge in [-0.05, 0) is 36.2 Å². The first-order valence-corrected chi connectivity index (χ1v) is 9.69. The van der Waals surface area contributed by atoms with Crippen molar-refractivity contribution in [3.63, 3.8) is 0 Å². The van der Waals surface area contributed by atoms with Gasteiger partial charge in [-0.1, -0.05) is 31.5 Å². The molecule has 1 aliphatic rings. The SMILES string of the molecule is CC(C)c1cc(N)nn1C(=O)Nc1cccc2c1C(c1cc(F)ccc1Cl)NC2=O. The van der Waals surface area contributed by atoms with Crippen LogP contribution in [0.3, 0.4) is 0 Å². The van der Waals surface area contributed by atoms with Gasteiger partial charge in [0.25, 0.3) is 5.91 Å². The molecule has 2 amide bonds. The topological polar surface area (TPSA) is 102 Å². The van der Waals surface area contributed by atoms with E-state index in [2.05, 4.69) is 15.7 Å². The van der Waals surface area contributed by atoms with Gasteiger partial charge in [0.05, 0.1) is 11.7 Å². The number of amides is 2. The lowest BCUT2D eigenvalue weighted by Gasteiger charge is -2.18. The van der Waals surface area contributed by atoms with Crippen LogP contribution in [0.25, 0.3) is 0 Å². The summed E-state index contributed by atoms with van der Waals surface area (Å²) in [6.45, 7) is 3.84. The van der Waals surface area contributed by atoms with Crippen molar-refractivity contribution in [3.8, 4) is 0 Å². The van der Waals surface area contributed by atoms with Gasteiger partial charge in [0, 0.05) is 33.5 Å². The van der Waals surface area contributed by atoms with E-state index in [1.165, 1.54) is 22.9 Å². The molecule has 2 aromatic carbocycles. The number of nitrogen functional groups attached to an aromatic ring is 1. The van der Waals surface area contributed by atoms with Gasteiger partial charge in [-0.2, -0.15) is 4.68 Å². The number of hydrogen-bond acceptors (Lipinski definition) is 4. The molecule has 0 fully saturated rings. The lowest BCUT2D eigenvalue weighted by atomic mass is 9.96. The molecular formula is C21H19ClFN5O2. The van der Waals surface area contributed by atoms with Crippen LogP contribution >= 0.6 is 11.6 Å². The fraction of sp³-hybridized carbons (Fsp3) is 0.190. The maximum atomic E-state index is 13.9. The molecule has 2 heterocycles. The van der Waals surface area contributed by atoms with Crippen molar-refractivity contribution in [1.82, 2.24) is 15.1 Å². The van der Waals surface area contributed by atoms with Crippen molar-refractivity contribution >= 4 is 35.0 Å². The zero-order chi connectivity index (χ0) is 21.6. The molecule has 0 saturated heterocycles. The number of carbonyl (C=O) groups excluding carboxylic acids is 2. The minimum absolute atomic E-state index is 0.0177. The Morgan fingerprint density at radius 3 is 2.80 bits per heavy atom. The number of anilines is 2. The highest BCUT2D eigenvalue weighted by Crippen LogP contribution is 2.39. The number of nitrogens with one attached hydrogen (secondary N) is 2. The third kappa shape index (κ3) is 3.39. The van der Waals surface area contributed by atoms with Crippen molar-refractivity contribution in [2.45, 2.75) is 25.8 Å². The van der Waals surface area contributed by atoms with Crippen LogP contribution in [-0.4, -0.2) is 21.7 Å². The summed E-state index contributed by atoms with van der Waals surface area (Å²) in [5.41, 5.74) is 8.10. The van der Waals surface area contributed by atoms with Gasteiger partial charge in [0.1, 0.15) is 11.6 Å². The molecule has 154 valence electrons. The second-order valence-electron chi connectivity index (χ2n) is 7.33. The van der Waals surface area contributed by atoms with Gasteiger partial charge in [-0.3, -0.25) is 4.79 Å². The zero-order valence-corrected chi connectivity index (χ0v) is 17.0. The second kappa shape index (κ2) is 7.46. The Hall–Kier alpha value is -3.39. The van der Waals surface area contributed by atoms with Gasteiger partial charge in [0.2, 0.25) is 0 Å². The number of rotatable bonds is 3. The van der Waals surface area contributed by atoms with Crippen LogP contribution in [0.4, 0.5) is 20.7 Å². The second-order valence-corrected chi connectivity index (χ2v) is 7.74. The molecule has 30 heavy (non-hydrogen) atoms. The molecule has 0 aliphatic carbocycles. The van der Waals surface area contributed by atoms with E-state index in [9.17, 15) is 14.0 Å². The smallest absolute Gasteiger partial charge is 0.346 e. The van der Waals surface area contributed by atoms with Crippen LogP contribution in [-0.2, 0) is 0 Å². The average Bonchev–Trinajstić information content (AvgIpc) is 3.25. The van der Waals surface area contributed by atoms with Crippen molar-refractivity contribution in [1.29, 1.82) is 0 Å². The summed E-state index contributed by atoms with van der Waals surface area (Å²) >= 11 is 6.27. The lowest BCUT2D eigenvalue weighted by molar-refractivity contribution is 0.0960. The van der Waals surface area contributed by atoms with Gasteiger partial charge in [-0.15, -0.1) is 5.10 Å². The van der Waals surface area contributed by atoms with E-state index in [1.54, 1.807) is 24.3 Å². The molecule has 0 saturated carbocycles. The number of halogens is 2. The van der Waals surface area contributed by atoms with E-state index in [0.29, 0.717) is 33.1 Å². The molecular weight excluding hydrogens is 409 g/mol. The first-order chi connectivity index (χ1) is 14.3. The highest BCUT2D eigenvalue weighted by Gasteiger charge is 2.34. The fourth-order valence-electron chi connectivity index (χ4n) is 3.59. The van der Waals surface area contributed by atoms with Crippen LogP contribution in [0.2, 0.25) is 5.02 Å². The summed E-state index contributed by atoms with van der Waals surface area (Å²) in [5.74, 6) is -0.567. The molecule has 1 atom stereocenters. The molecule has 0 radical (unpaired) electrons. The van der Waals surface area contributed by atoms with Crippen LogP contribution in [0.1, 0.15) is 53.0 Å². The highest BCUT2D eigenvalue weighted by molar-refractivity contribution is 6.31. The Kier molecular flexibility index (Phi) is 4.95. The number of benzene rings is 2.